The van der Waals surface area contributed by atoms with Gasteiger partial charge in [-0.2, -0.15) is 13.2 Å². The maximum absolute atomic E-state index is 13.9. The number of aliphatic imine (C=N–C) groups is 1. The minimum Gasteiger partial charge on any atom is -0.399 e. The lowest BCUT2D eigenvalue weighted by atomic mass is 9.86. The fourth-order valence-corrected chi connectivity index (χ4v) is 2.14. The van der Waals surface area contributed by atoms with Crippen LogP contribution in [0.1, 0.15) is 12.0 Å². The molecule has 1 atom stereocenters. The molecule has 9 heteroatoms. The first kappa shape index (κ1) is 17.5. The van der Waals surface area contributed by atoms with Crippen LogP contribution < -0.4 is 11.5 Å². The number of benzene rings is 1. The van der Waals surface area contributed by atoms with Crippen molar-refractivity contribution in [3.63, 3.8) is 0 Å². The van der Waals surface area contributed by atoms with E-state index in [-0.39, 0.29) is 37.1 Å². The number of hydrogen-bond donors (Lipinski definition) is 2. The number of ether oxygens (including phenoxy) is 1. The van der Waals surface area contributed by atoms with Crippen molar-refractivity contribution in [3.05, 3.63) is 29.6 Å². The Kier molecular flexibility index (Phi) is 5.06. The molecule has 0 aromatic heterocycles. The van der Waals surface area contributed by atoms with Crippen molar-refractivity contribution in [3.8, 4) is 0 Å². The second-order valence-corrected chi connectivity index (χ2v) is 4.50. The lowest BCUT2D eigenvalue weighted by Gasteiger charge is -2.32. The highest BCUT2D eigenvalue weighted by Crippen LogP contribution is 2.47. The van der Waals surface area contributed by atoms with E-state index in [1.54, 1.807) is 0 Å². The van der Waals surface area contributed by atoms with Gasteiger partial charge in [0, 0.05) is 17.7 Å². The average molecular weight is 328 g/mol. The lowest BCUT2D eigenvalue weighted by Crippen LogP contribution is -2.43. The lowest BCUT2D eigenvalue weighted by molar-refractivity contribution is -0.193. The average Bonchev–Trinajstić information content (AvgIpc) is 2.54. The van der Waals surface area contributed by atoms with Crippen LogP contribution in [0.25, 0.3) is 0 Å². The van der Waals surface area contributed by atoms with Gasteiger partial charge in [0.25, 0.3) is 0 Å². The third kappa shape index (κ3) is 3.21. The molecule has 1 unspecified atom stereocenters. The van der Waals surface area contributed by atoms with E-state index in [1.165, 1.54) is 6.07 Å². The molecule has 0 saturated carbocycles. The summed E-state index contributed by atoms with van der Waals surface area (Å²) in [5, 5.41) is 0. The predicted molar refractivity (Wildman–Crippen MR) is 72.9 cm³/mol. The number of anilines is 1. The van der Waals surface area contributed by atoms with Crippen LogP contribution >= 0.6 is 12.4 Å². The Balaban J connectivity index is 0.00000220. The third-order valence-electron chi connectivity index (χ3n) is 3.10. The van der Waals surface area contributed by atoms with Gasteiger partial charge in [-0.1, -0.05) is 0 Å². The van der Waals surface area contributed by atoms with Crippen LogP contribution in [0.5, 0.6) is 0 Å². The number of alkyl halides is 3. The standard InChI is InChI=1S/C12H13F4N3O.ClH/c13-9-2-1-7(17)5-8(9)11(12(14,15)16)3-4-20-6-10(18)19-11;/h1-2,5H,3-4,6,17H2,(H2,18,19);1H. The Labute approximate surface area is 124 Å². The van der Waals surface area contributed by atoms with Crippen molar-refractivity contribution in [2.24, 2.45) is 10.7 Å². The summed E-state index contributed by atoms with van der Waals surface area (Å²) in [7, 11) is 0. The minimum absolute atomic E-state index is 0. The van der Waals surface area contributed by atoms with E-state index in [4.69, 9.17) is 16.2 Å². The van der Waals surface area contributed by atoms with Gasteiger partial charge in [0.15, 0.2) is 5.54 Å². The molecule has 1 aliphatic heterocycles. The number of nitrogens with zero attached hydrogens (tertiary/aromatic N) is 1. The van der Waals surface area contributed by atoms with Crippen molar-refractivity contribution in [2.45, 2.75) is 18.1 Å². The number of halogens is 5. The van der Waals surface area contributed by atoms with Gasteiger partial charge in [-0.25, -0.2) is 9.38 Å². The van der Waals surface area contributed by atoms with Crippen LogP contribution in [-0.4, -0.2) is 25.2 Å². The second-order valence-electron chi connectivity index (χ2n) is 4.50. The molecular formula is C12H14ClF4N3O. The first-order valence-corrected chi connectivity index (χ1v) is 5.80. The van der Waals surface area contributed by atoms with Crippen molar-refractivity contribution in [2.75, 3.05) is 18.9 Å². The molecule has 1 aliphatic rings. The highest BCUT2D eigenvalue weighted by molar-refractivity contribution is 5.85. The fraction of sp³-hybridized carbons (Fsp3) is 0.417. The molecule has 0 bridgehead atoms. The SMILES string of the molecule is Cl.NC1=NC(c2cc(N)ccc2F)(C(F)(F)F)CCOC1. The summed E-state index contributed by atoms with van der Waals surface area (Å²) in [5.41, 5.74) is 7.48. The zero-order valence-corrected chi connectivity index (χ0v) is 11.6. The summed E-state index contributed by atoms with van der Waals surface area (Å²) in [5.74, 6) is -1.36. The van der Waals surface area contributed by atoms with Crippen LogP contribution in [0.4, 0.5) is 23.2 Å². The molecule has 1 aromatic rings. The van der Waals surface area contributed by atoms with Crippen molar-refractivity contribution in [1.29, 1.82) is 0 Å². The second kappa shape index (κ2) is 6.07. The van der Waals surface area contributed by atoms with E-state index in [2.05, 4.69) is 4.99 Å². The Bertz CT molecular complexity index is 550. The van der Waals surface area contributed by atoms with Crippen LogP contribution in [0.2, 0.25) is 0 Å². The van der Waals surface area contributed by atoms with Gasteiger partial charge in [0.2, 0.25) is 0 Å². The summed E-state index contributed by atoms with van der Waals surface area (Å²) in [6.07, 6.45) is -5.38. The van der Waals surface area contributed by atoms with Crippen molar-refractivity contribution in [1.82, 2.24) is 0 Å². The number of amidine groups is 1. The normalized spacial score (nSPS) is 23.0. The van der Waals surface area contributed by atoms with E-state index >= 15 is 0 Å². The van der Waals surface area contributed by atoms with Gasteiger partial charge >= 0.3 is 6.18 Å². The largest absolute Gasteiger partial charge is 0.418 e. The molecule has 21 heavy (non-hydrogen) atoms. The van der Waals surface area contributed by atoms with Crippen LogP contribution in [-0.2, 0) is 10.3 Å². The van der Waals surface area contributed by atoms with E-state index < -0.39 is 29.5 Å². The van der Waals surface area contributed by atoms with Crippen LogP contribution in [0, 0.1) is 5.82 Å². The maximum Gasteiger partial charge on any atom is 0.418 e. The van der Waals surface area contributed by atoms with Gasteiger partial charge in [-0.3, -0.25) is 0 Å². The Hall–Kier alpha value is -1.54. The van der Waals surface area contributed by atoms with Gasteiger partial charge in [0.1, 0.15) is 18.3 Å². The molecule has 1 heterocycles. The first-order valence-electron chi connectivity index (χ1n) is 5.80. The Morgan fingerprint density at radius 3 is 2.52 bits per heavy atom. The predicted octanol–water partition coefficient (Wildman–Crippen LogP) is 2.36. The fourth-order valence-electron chi connectivity index (χ4n) is 2.14. The summed E-state index contributed by atoms with van der Waals surface area (Å²) >= 11 is 0. The molecule has 4 N–H and O–H groups in total. The number of nitrogen functional groups attached to an aromatic ring is 1. The molecule has 0 fully saturated rings. The van der Waals surface area contributed by atoms with Crippen molar-refractivity contribution < 1.29 is 22.3 Å². The van der Waals surface area contributed by atoms with Gasteiger partial charge in [-0.05, 0) is 18.2 Å². The molecule has 118 valence electrons. The summed E-state index contributed by atoms with van der Waals surface area (Å²) in [6, 6.07) is 3.00. The quantitative estimate of drug-likeness (QED) is 0.614. The minimum atomic E-state index is -4.82. The van der Waals surface area contributed by atoms with E-state index in [1.807, 2.05) is 0 Å². The molecule has 0 amide bonds. The number of hydrogen-bond acceptors (Lipinski definition) is 4. The monoisotopic (exact) mass is 327 g/mol. The van der Waals surface area contributed by atoms with Crippen LogP contribution in [0.3, 0.4) is 0 Å². The topological polar surface area (TPSA) is 73.6 Å². The molecular weight excluding hydrogens is 314 g/mol. The number of rotatable bonds is 1. The van der Waals surface area contributed by atoms with Gasteiger partial charge < -0.3 is 16.2 Å². The highest BCUT2D eigenvalue weighted by atomic mass is 35.5. The van der Waals surface area contributed by atoms with E-state index in [9.17, 15) is 17.6 Å². The molecule has 0 aliphatic carbocycles. The maximum atomic E-state index is 13.9. The molecule has 0 saturated heterocycles. The van der Waals surface area contributed by atoms with E-state index in [0.717, 1.165) is 12.1 Å². The smallest absolute Gasteiger partial charge is 0.399 e. The highest BCUT2D eigenvalue weighted by Gasteiger charge is 2.58. The van der Waals surface area contributed by atoms with Gasteiger partial charge in [0.05, 0.1) is 6.61 Å². The molecule has 0 radical (unpaired) electrons. The third-order valence-corrected chi connectivity index (χ3v) is 3.10. The van der Waals surface area contributed by atoms with Crippen molar-refractivity contribution >= 4 is 23.9 Å². The first-order chi connectivity index (χ1) is 9.26. The summed E-state index contributed by atoms with van der Waals surface area (Å²) < 4.78 is 59.4. The zero-order chi connectivity index (χ0) is 15.0. The molecule has 0 spiro atoms. The van der Waals surface area contributed by atoms with Crippen LogP contribution in [0.15, 0.2) is 23.2 Å². The Morgan fingerprint density at radius 2 is 1.90 bits per heavy atom. The molecule has 2 rings (SSSR count). The summed E-state index contributed by atoms with van der Waals surface area (Å²) in [4.78, 5) is 3.50. The summed E-state index contributed by atoms with van der Waals surface area (Å²) in [6.45, 7) is -0.459. The van der Waals surface area contributed by atoms with Gasteiger partial charge in [-0.15, -0.1) is 12.4 Å². The number of nitrogens with two attached hydrogens (primary N) is 2. The zero-order valence-electron chi connectivity index (χ0n) is 10.8. The van der Waals surface area contributed by atoms with E-state index in [0.29, 0.717) is 0 Å². The Morgan fingerprint density at radius 1 is 1.24 bits per heavy atom. The molecule has 4 nitrogen and oxygen atoms in total. The molecule has 1 aromatic carbocycles.